The average molecular weight is 356 g/mol. The molecule has 1 N–H and O–H groups in total. The van der Waals surface area contributed by atoms with Gasteiger partial charge in [0.1, 0.15) is 5.70 Å². The van der Waals surface area contributed by atoms with Crippen LogP contribution in [0, 0.1) is 0 Å². The van der Waals surface area contributed by atoms with Crippen LogP contribution >= 0.6 is 15.9 Å². The molecule has 1 aromatic carbocycles. The van der Waals surface area contributed by atoms with Gasteiger partial charge in [-0.3, -0.25) is 4.79 Å². The lowest BCUT2D eigenvalue weighted by atomic mass is 10.1. The third-order valence-corrected chi connectivity index (χ3v) is 3.20. The van der Waals surface area contributed by atoms with Crippen LogP contribution in [0.4, 0.5) is 5.69 Å². The third kappa shape index (κ3) is 4.71. The van der Waals surface area contributed by atoms with Crippen LogP contribution < -0.4 is 5.32 Å². The first-order valence-electron chi connectivity index (χ1n) is 5.84. The molecule has 0 atom stereocenters. The first-order chi connectivity index (χ1) is 9.88. The molecule has 1 aromatic rings. The zero-order valence-corrected chi connectivity index (χ0v) is 13.3. The van der Waals surface area contributed by atoms with E-state index in [2.05, 4.69) is 30.7 Å². The van der Waals surface area contributed by atoms with Crippen molar-refractivity contribution < 1.29 is 23.9 Å². The molecule has 7 heteroatoms. The number of carbonyl (C=O) groups is 3. The van der Waals surface area contributed by atoms with E-state index in [0.29, 0.717) is 15.7 Å². The van der Waals surface area contributed by atoms with Gasteiger partial charge < -0.3 is 14.8 Å². The van der Waals surface area contributed by atoms with Crippen molar-refractivity contribution in [3.63, 3.8) is 0 Å². The molecule has 0 aliphatic heterocycles. The molecule has 1 rings (SSSR count). The van der Waals surface area contributed by atoms with Crippen molar-refractivity contribution in [3.8, 4) is 0 Å². The molecule has 0 fully saturated rings. The third-order valence-electron chi connectivity index (χ3n) is 2.51. The summed E-state index contributed by atoms with van der Waals surface area (Å²) in [5.41, 5.74) is 0.803. The molecule has 6 nitrogen and oxygen atoms in total. The Morgan fingerprint density at radius 3 is 2.38 bits per heavy atom. The van der Waals surface area contributed by atoms with Crippen LogP contribution in [0.15, 0.2) is 34.4 Å². The fraction of sp³-hybridized carbons (Fsp3) is 0.214. The van der Waals surface area contributed by atoms with Crippen molar-refractivity contribution in [2.45, 2.75) is 6.92 Å². The SMILES string of the molecule is COC(=O)/C=C(/Nc1cc(C(C)=O)ccc1Br)C(=O)OC. The summed E-state index contributed by atoms with van der Waals surface area (Å²) >= 11 is 3.29. The van der Waals surface area contributed by atoms with Gasteiger partial charge in [-0.25, -0.2) is 9.59 Å². The zero-order chi connectivity index (χ0) is 16.0. The van der Waals surface area contributed by atoms with E-state index < -0.39 is 11.9 Å². The Kier molecular flexibility index (Phi) is 6.10. The average Bonchev–Trinajstić information content (AvgIpc) is 2.47. The Morgan fingerprint density at radius 2 is 1.86 bits per heavy atom. The van der Waals surface area contributed by atoms with E-state index in [1.54, 1.807) is 18.2 Å². The molecule has 21 heavy (non-hydrogen) atoms. The van der Waals surface area contributed by atoms with Crippen molar-refractivity contribution in [1.82, 2.24) is 0 Å². The highest BCUT2D eigenvalue weighted by molar-refractivity contribution is 9.10. The summed E-state index contributed by atoms with van der Waals surface area (Å²) in [5.74, 6) is -1.57. The number of methoxy groups -OCH3 is 2. The maximum Gasteiger partial charge on any atom is 0.354 e. The van der Waals surface area contributed by atoms with Crippen molar-refractivity contribution in [3.05, 3.63) is 40.0 Å². The number of ketones is 1. The van der Waals surface area contributed by atoms with Gasteiger partial charge in [0.05, 0.1) is 26.0 Å². The van der Waals surface area contributed by atoms with Gasteiger partial charge in [0, 0.05) is 10.0 Å². The quantitative estimate of drug-likeness (QED) is 0.495. The van der Waals surface area contributed by atoms with E-state index >= 15 is 0 Å². The van der Waals surface area contributed by atoms with Crippen LogP contribution in [0.2, 0.25) is 0 Å². The first-order valence-corrected chi connectivity index (χ1v) is 6.63. The topological polar surface area (TPSA) is 81.7 Å². The number of Topliss-reactive ketones (excluding diaryl/α,β-unsaturated/α-hetero) is 1. The van der Waals surface area contributed by atoms with Crippen molar-refractivity contribution in [1.29, 1.82) is 0 Å². The Labute approximate surface area is 130 Å². The monoisotopic (exact) mass is 355 g/mol. The summed E-state index contributed by atoms with van der Waals surface area (Å²) < 4.78 is 9.68. The van der Waals surface area contributed by atoms with Gasteiger partial charge in [-0.2, -0.15) is 0 Å². The molecule has 112 valence electrons. The van der Waals surface area contributed by atoms with Crippen LogP contribution in [-0.4, -0.2) is 31.9 Å². The second-order valence-electron chi connectivity index (χ2n) is 3.95. The molecule has 0 heterocycles. The van der Waals surface area contributed by atoms with Gasteiger partial charge >= 0.3 is 11.9 Å². The standard InChI is InChI=1S/C14H14BrNO5/c1-8(17)9-4-5-10(15)11(6-9)16-12(14(19)21-3)7-13(18)20-2/h4-7,16H,1-3H3/b12-7+. The molecule has 0 aromatic heterocycles. The van der Waals surface area contributed by atoms with Crippen molar-refractivity contribution >= 4 is 39.3 Å². The molecule has 0 bridgehead atoms. The van der Waals surface area contributed by atoms with Crippen molar-refractivity contribution in [2.75, 3.05) is 19.5 Å². The minimum atomic E-state index is -0.736. The van der Waals surface area contributed by atoms with Gasteiger partial charge in [-0.15, -0.1) is 0 Å². The molecular formula is C14H14BrNO5. The second-order valence-corrected chi connectivity index (χ2v) is 4.80. The summed E-state index contributed by atoms with van der Waals surface area (Å²) in [7, 11) is 2.39. The predicted molar refractivity (Wildman–Crippen MR) is 79.9 cm³/mol. The van der Waals surface area contributed by atoms with Gasteiger partial charge in [0.15, 0.2) is 5.78 Å². The van der Waals surface area contributed by atoms with E-state index in [-0.39, 0.29) is 11.5 Å². The number of carbonyl (C=O) groups excluding carboxylic acids is 3. The number of benzene rings is 1. The molecule has 0 radical (unpaired) electrons. The lowest BCUT2D eigenvalue weighted by molar-refractivity contribution is -0.138. The summed E-state index contributed by atoms with van der Waals surface area (Å²) in [5, 5.41) is 2.75. The van der Waals surface area contributed by atoms with Crippen LogP contribution in [-0.2, 0) is 19.1 Å². The highest BCUT2D eigenvalue weighted by Gasteiger charge is 2.15. The van der Waals surface area contributed by atoms with E-state index in [9.17, 15) is 14.4 Å². The predicted octanol–water partition coefficient (Wildman–Crippen LogP) is 2.29. The van der Waals surface area contributed by atoms with E-state index in [1.165, 1.54) is 21.1 Å². The van der Waals surface area contributed by atoms with Crippen LogP contribution in [0.1, 0.15) is 17.3 Å². The highest BCUT2D eigenvalue weighted by Crippen LogP contribution is 2.25. The normalized spacial score (nSPS) is 10.8. The smallest absolute Gasteiger partial charge is 0.354 e. The number of hydrogen-bond acceptors (Lipinski definition) is 6. The molecule has 0 aliphatic carbocycles. The number of anilines is 1. The number of nitrogens with one attached hydrogen (secondary N) is 1. The van der Waals surface area contributed by atoms with E-state index in [1.807, 2.05) is 0 Å². The number of ether oxygens (including phenoxy) is 2. The Morgan fingerprint density at radius 1 is 1.19 bits per heavy atom. The summed E-state index contributed by atoms with van der Waals surface area (Å²) in [6.45, 7) is 1.43. The molecule has 0 saturated heterocycles. The van der Waals surface area contributed by atoms with E-state index in [4.69, 9.17) is 0 Å². The van der Waals surface area contributed by atoms with Crippen LogP contribution in [0.25, 0.3) is 0 Å². The molecular weight excluding hydrogens is 342 g/mol. The number of esters is 2. The van der Waals surface area contributed by atoms with Gasteiger partial charge in [-0.05, 0) is 35.0 Å². The Balaban J connectivity index is 3.17. The minimum absolute atomic E-state index is 0.106. The maximum absolute atomic E-state index is 11.7. The highest BCUT2D eigenvalue weighted by atomic mass is 79.9. The molecule has 0 spiro atoms. The second kappa shape index (κ2) is 7.58. The first kappa shape index (κ1) is 16.9. The van der Waals surface area contributed by atoms with Crippen molar-refractivity contribution in [2.24, 2.45) is 0 Å². The van der Waals surface area contributed by atoms with Gasteiger partial charge in [0.25, 0.3) is 0 Å². The Bertz CT molecular complexity index is 609. The fourth-order valence-electron chi connectivity index (χ4n) is 1.42. The Hall–Kier alpha value is -2.15. The van der Waals surface area contributed by atoms with Gasteiger partial charge in [0.2, 0.25) is 0 Å². The number of hydrogen-bond donors (Lipinski definition) is 1. The summed E-state index contributed by atoms with van der Waals surface area (Å²) in [6, 6.07) is 4.85. The minimum Gasteiger partial charge on any atom is -0.466 e. The molecule has 0 amide bonds. The molecule has 0 saturated carbocycles. The summed E-state index contributed by atoms with van der Waals surface area (Å²) in [4.78, 5) is 34.3. The number of rotatable bonds is 5. The van der Waals surface area contributed by atoms with E-state index in [0.717, 1.165) is 6.08 Å². The zero-order valence-electron chi connectivity index (χ0n) is 11.7. The lowest BCUT2D eigenvalue weighted by Gasteiger charge is -2.11. The lowest BCUT2D eigenvalue weighted by Crippen LogP contribution is -2.16. The largest absolute Gasteiger partial charge is 0.466 e. The van der Waals surface area contributed by atoms with Crippen LogP contribution in [0.5, 0.6) is 0 Å². The number of halogens is 1. The van der Waals surface area contributed by atoms with Gasteiger partial charge in [-0.1, -0.05) is 6.07 Å². The fourth-order valence-corrected chi connectivity index (χ4v) is 1.76. The molecule has 0 unspecified atom stereocenters. The van der Waals surface area contributed by atoms with Crippen LogP contribution in [0.3, 0.4) is 0 Å². The molecule has 0 aliphatic rings. The maximum atomic E-state index is 11.7. The summed E-state index contributed by atoms with van der Waals surface area (Å²) in [6.07, 6.45) is 0.971.